The molecule has 6 nitrogen and oxygen atoms in total. The van der Waals surface area contributed by atoms with Gasteiger partial charge in [0.1, 0.15) is 5.82 Å². The Balaban J connectivity index is 1.94. The maximum atomic E-state index is 13.4. The molecule has 0 radical (unpaired) electrons. The molecule has 1 N–H and O–H groups in total. The lowest BCUT2D eigenvalue weighted by molar-refractivity contribution is 0.602. The standard InChI is InChI=1S/C22H18FN3O3S/c1-2-30(28,29)25-17-5-3-4-15(12-17)21-14-26(18-8-6-16(23)7-9-18)22(27)19-10-11-24-13-20(19)21/h3-14,25H,2H2,1H3. The highest BCUT2D eigenvalue weighted by molar-refractivity contribution is 7.92. The summed E-state index contributed by atoms with van der Waals surface area (Å²) in [5.41, 5.74) is 2.08. The van der Waals surface area contributed by atoms with Gasteiger partial charge in [-0.1, -0.05) is 12.1 Å². The second-order valence-electron chi connectivity index (χ2n) is 6.70. The highest BCUT2D eigenvalue weighted by atomic mass is 32.2. The zero-order chi connectivity index (χ0) is 21.3. The zero-order valence-electron chi connectivity index (χ0n) is 16.0. The average molecular weight is 423 g/mol. The third kappa shape index (κ3) is 3.81. The van der Waals surface area contributed by atoms with Crippen LogP contribution in [0.2, 0.25) is 0 Å². The van der Waals surface area contributed by atoms with Gasteiger partial charge in [-0.3, -0.25) is 19.1 Å². The number of aromatic nitrogens is 2. The second kappa shape index (κ2) is 7.72. The number of nitrogens with one attached hydrogen (secondary N) is 1. The molecule has 0 amide bonds. The third-order valence-corrected chi connectivity index (χ3v) is 6.06. The summed E-state index contributed by atoms with van der Waals surface area (Å²) < 4.78 is 41.2. The number of halogens is 1. The van der Waals surface area contributed by atoms with Crippen LogP contribution in [0.1, 0.15) is 6.92 Å². The minimum atomic E-state index is -3.43. The van der Waals surface area contributed by atoms with Gasteiger partial charge < -0.3 is 0 Å². The first-order chi connectivity index (χ1) is 14.4. The average Bonchev–Trinajstić information content (AvgIpc) is 2.75. The van der Waals surface area contributed by atoms with Crippen LogP contribution in [0.3, 0.4) is 0 Å². The van der Waals surface area contributed by atoms with E-state index in [0.29, 0.717) is 33.3 Å². The van der Waals surface area contributed by atoms with Gasteiger partial charge in [-0.25, -0.2) is 12.8 Å². The molecule has 8 heteroatoms. The van der Waals surface area contributed by atoms with Gasteiger partial charge in [0, 0.05) is 40.9 Å². The Bertz CT molecular complexity index is 1400. The topological polar surface area (TPSA) is 81.1 Å². The van der Waals surface area contributed by atoms with Crippen LogP contribution >= 0.6 is 0 Å². The van der Waals surface area contributed by atoms with Crippen molar-refractivity contribution in [3.05, 3.63) is 89.4 Å². The van der Waals surface area contributed by atoms with Crippen LogP contribution < -0.4 is 10.3 Å². The van der Waals surface area contributed by atoms with Gasteiger partial charge in [-0.05, 0) is 55.0 Å². The first-order valence-corrected chi connectivity index (χ1v) is 10.9. The molecule has 30 heavy (non-hydrogen) atoms. The van der Waals surface area contributed by atoms with Crippen molar-refractivity contribution in [2.45, 2.75) is 6.92 Å². The molecule has 0 aliphatic rings. The van der Waals surface area contributed by atoms with Crippen molar-refractivity contribution in [3.8, 4) is 16.8 Å². The predicted octanol–water partition coefficient (Wildman–Crippen LogP) is 3.95. The fraction of sp³-hybridized carbons (Fsp3) is 0.0909. The summed E-state index contributed by atoms with van der Waals surface area (Å²) >= 11 is 0. The summed E-state index contributed by atoms with van der Waals surface area (Å²) in [6.07, 6.45) is 4.80. The van der Waals surface area contributed by atoms with Crippen molar-refractivity contribution >= 4 is 26.5 Å². The summed E-state index contributed by atoms with van der Waals surface area (Å²) in [6, 6.07) is 14.2. The molecule has 2 heterocycles. The van der Waals surface area contributed by atoms with Crippen LogP contribution in [0.15, 0.2) is 78.0 Å². The van der Waals surface area contributed by atoms with E-state index in [2.05, 4.69) is 9.71 Å². The maximum Gasteiger partial charge on any atom is 0.263 e. The number of fused-ring (bicyclic) bond motifs is 1. The molecule has 0 fully saturated rings. The van der Waals surface area contributed by atoms with E-state index in [0.717, 1.165) is 0 Å². The molecule has 0 aliphatic heterocycles. The number of anilines is 1. The van der Waals surface area contributed by atoms with Gasteiger partial charge in [0.2, 0.25) is 10.0 Å². The Morgan fingerprint density at radius 3 is 2.57 bits per heavy atom. The van der Waals surface area contributed by atoms with Crippen molar-refractivity contribution in [1.82, 2.24) is 9.55 Å². The van der Waals surface area contributed by atoms with Gasteiger partial charge >= 0.3 is 0 Å². The summed E-state index contributed by atoms with van der Waals surface area (Å²) in [5.74, 6) is -0.438. The molecule has 0 aliphatic carbocycles. The number of sulfonamides is 1. The van der Waals surface area contributed by atoms with Gasteiger partial charge in [0.05, 0.1) is 11.1 Å². The lowest BCUT2D eigenvalue weighted by Crippen LogP contribution is -2.18. The Hall–Kier alpha value is -3.52. The second-order valence-corrected chi connectivity index (χ2v) is 8.71. The summed E-state index contributed by atoms with van der Waals surface area (Å²) in [6.45, 7) is 1.56. The largest absolute Gasteiger partial charge is 0.284 e. The molecule has 2 aromatic heterocycles. The lowest BCUT2D eigenvalue weighted by atomic mass is 10.0. The SMILES string of the molecule is CCS(=O)(=O)Nc1cccc(-c2cn(-c3ccc(F)cc3)c(=O)c3ccncc23)c1. The van der Waals surface area contributed by atoms with E-state index < -0.39 is 15.8 Å². The van der Waals surface area contributed by atoms with Crippen molar-refractivity contribution in [2.24, 2.45) is 0 Å². The molecule has 0 saturated heterocycles. The highest BCUT2D eigenvalue weighted by Crippen LogP contribution is 2.29. The molecule has 0 atom stereocenters. The Morgan fingerprint density at radius 2 is 1.83 bits per heavy atom. The van der Waals surface area contributed by atoms with Crippen molar-refractivity contribution in [3.63, 3.8) is 0 Å². The number of rotatable bonds is 5. The number of nitrogens with zero attached hydrogens (tertiary/aromatic N) is 2. The van der Waals surface area contributed by atoms with Crippen LogP contribution in [-0.2, 0) is 10.0 Å². The van der Waals surface area contributed by atoms with E-state index >= 15 is 0 Å². The van der Waals surface area contributed by atoms with Crippen molar-refractivity contribution in [1.29, 1.82) is 0 Å². The van der Waals surface area contributed by atoms with Gasteiger partial charge in [0.15, 0.2) is 0 Å². The molecule has 4 aromatic rings. The molecule has 152 valence electrons. The summed E-state index contributed by atoms with van der Waals surface area (Å²) in [5, 5.41) is 1.09. The number of hydrogen-bond donors (Lipinski definition) is 1. The van der Waals surface area contributed by atoms with Crippen LogP contribution in [0.4, 0.5) is 10.1 Å². The smallest absolute Gasteiger partial charge is 0.263 e. The van der Waals surface area contributed by atoms with E-state index in [1.54, 1.807) is 43.6 Å². The van der Waals surface area contributed by atoms with E-state index in [9.17, 15) is 17.6 Å². The lowest BCUT2D eigenvalue weighted by Gasteiger charge is -2.14. The highest BCUT2D eigenvalue weighted by Gasteiger charge is 2.13. The first-order valence-electron chi connectivity index (χ1n) is 9.24. The minimum absolute atomic E-state index is 0.0421. The maximum absolute atomic E-state index is 13.4. The number of pyridine rings is 2. The van der Waals surface area contributed by atoms with Gasteiger partial charge in [0.25, 0.3) is 5.56 Å². The van der Waals surface area contributed by atoms with E-state index in [1.807, 2.05) is 6.07 Å². The molecule has 0 bridgehead atoms. The molecule has 0 spiro atoms. The van der Waals surface area contributed by atoms with Crippen LogP contribution in [0.25, 0.3) is 27.6 Å². The third-order valence-electron chi connectivity index (χ3n) is 4.75. The van der Waals surface area contributed by atoms with Crippen molar-refractivity contribution < 1.29 is 12.8 Å². The van der Waals surface area contributed by atoms with Crippen LogP contribution in [0.5, 0.6) is 0 Å². The monoisotopic (exact) mass is 423 g/mol. The number of benzene rings is 2. The van der Waals surface area contributed by atoms with E-state index in [1.165, 1.54) is 35.0 Å². The fourth-order valence-corrected chi connectivity index (χ4v) is 3.84. The molecule has 4 rings (SSSR count). The van der Waals surface area contributed by atoms with Gasteiger partial charge in [-0.15, -0.1) is 0 Å². The quantitative estimate of drug-likeness (QED) is 0.527. The minimum Gasteiger partial charge on any atom is -0.284 e. The van der Waals surface area contributed by atoms with Crippen LogP contribution in [-0.4, -0.2) is 23.7 Å². The molecular formula is C22H18FN3O3S. The zero-order valence-corrected chi connectivity index (χ0v) is 16.9. The number of hydrogen-bond acceptors (Lipinski definition) is 4. The molecule has 0 unspecified atom stereocenters. The molecule has 2 aromatic carbocycles. The summed E-state index contributed by atoms with van der Waals surface area (Å²) in [7, 11) is -3.43. The normalized spacial score (nSPS) is 11.5. The van der Waals surface area contributed by atoms with Crippen LogP contribution in [0, 0.1) is 5.82 Å². The summed E-state index contributed by atoms with van der Waals surface area (Å²) in [4.78, 5) is 17.2. The Kier molecular flexibility index (Phi) is 5.09. The fourth-order valence-electron chi connectivity index (χ4n) is 3.21. The van der Waals surface area contributed by atoms with Gasteiger partial charge in [-0.2, -0.15) is 0 Å². The first kappa shape index (κ1) is 19.8. The van der Waals surface area contributed by atoms with Crippen molar-refractivity contribution in [2.75, 3.05) is 10.5 Å². The van der Waals surface area contributed by atoms with E-state index in [4.69, 9.17) is 0 Å². The predicted molar refractivity (Wildman–Crippen MR) is 116 cm³/mol. The molecule has 0 saturated carbocycles. The Labute approximate surface area is 172 Å². The van der Waals surface area contributed by atoms with E-state index in [-0.39, 0.29) is 11.3 Å². The Morgan fingerprint density at radius 1 is 1.07 bits per heavy atom. The molecular weight excluding hydrogens is 405 g/mol.